The molecule has 0 saturated heterocycles. The summed E-state index contributed by atoms with van der Waals surface area (Å²) in [4.78, 5) is 31.5. The Labute approximate surface area is 168 Å². The van der Waals surface area contributed by atoms with Crippen LogP contribution in [0.4, 0.5) is 9.18 Å². The quantitative estimate of drug-likeness (QED) is 0.720. The lowest BCUT2D eigenvalue weighted by molar-refractivity contribution is -0.133. The smallest absolute Gasteiger partial charge is 0.320 e. The van der Waals surface area contributed by atoms with E-state index in [0.29, 0.717) is 13.1 Å². The summed E-state index contributed by atoms with van der Waals surface area (Å²) in [5.74, 6) is -0.444. The Bertz CT molecular complexity index is 863. The fourth-order valence-corrected chi connectivity index (χ4v) is 4.40. The third-order valence-electron chi connectivity index (χ3n) is 4.80. The van der Waals surface area contributed by atoms with Crippen LogP contribution in [0.3, 0.4) is 0 Å². The van der Waals surface area contributed by atoms with Crippen molar-refractivity contribution in [3.63, 3.8) is 0 Å². The van der Waals surface area contributed by atoms with E-state index in [2.05, 4.69) is 6.58 Å². The standard InChI is InChI=1S/C21H24FN3O2S/c1-4-11-24(21(27)23(2)3)14-19(26)25-12-9-18-17(10-13-28-18)20(25)15-5-7-16(22)8-6-15/h4-8,10,13,20H,1,9,11-12,14H2,2-3H3/t20-/m0/s1. The van der Waals surface area contributed by atoms with Crippen molar-refractivity contribution in [1.82, 2.24) is 14.7 Å². The summed E-state index contributed by atoms with van der Waals surface area (Å²) in [6.07, 6.45) is 2.39. The SMILES string of the molecule is C=CCN(CC(=O)N1CCc2sccc2[C@@H]1c1ccc(F)cc1)C(=O)N(C)C. The van der Waals surface area contributed by atoms with Crippen molar-refractivity contribution in [1.29, 1.82) is 0 Å². The highest BCUT2D eigenvalue weighted by Crippen LogP contribution is 2.37. The minimum Gasteiger partial charge on any atom is -0.331 e. The zero-order valence-corrected chi connectivity index (χ0v) is 16.9. The molecule has 0 spiro atoms. The van der Waals surface area contributed by atoms with E-state index < -0.39 is 0 Å². The Balaban J connectivity index is 1.90. The molecule has 2 aromatic rings. The monoisotopic (exact) mass is 401 g/mol. The van der Waals surface area contributed by atoms with Crippen LogP contribution in [0.5, 0.6) is 0 Å². The number of rotatable bonds is 5. The van der Waals surface area contributed by atoms with Gasteiger partial charge in [-0.15, -0.1) is 17.9 Å². The van der Waals surface area contributed by atoms with Gasteiger partial charge in [0.15, 0.2) is 0 Å². The van der Waals surface area contributed by atoms with Crippen LogP contribution in [-0.4, -0.2) is 60.4 Å². The third-order valence-corrected chi connectivity index (χ3v) is 5.80. The summed E-state index contributed by atoms with van der Waals surface area (Å²) >= 11 is 1.68. The molecule has 1 aromatic carbocycles. The van der Waals surface area contributed by atoms with Crippen LogP contribution in [0.15, 0.2) is 48.4 Å². The van der Waals surface area contributed by atoms with Crippen LogP contribution in [0.25, 0.3) is 0 Å². The molecule has 3 rings (SSSR count). The fraction of sp³-hybridized carbons (Fsp3) is 0.333. The highest BCUT2D eigenvalue weighted by atomic mass is 32.1. The molecule has 1 aliphatic heterocycles. The van der Waals surface area contributed by atoms with E-state index in [1.54, 1.807) is 48.5 Å². The van der Waals surface area contributed by atoms with Crippen molar-refractivity contribution in [2.24, 2.45) is 0 Å². The maximum Gasteiger partial charge on any atom is 0.320 e. The lowest BCUT2D eigenvalue weighted by Gasteiger charge is -2.37. The second kappa shape index (κ2) is 8.56. The zero-order chi connectivity index (χ0) is 20.3. The number of hydrogen-bond acceptors (Lipinski definition) is 3. The maximum absolute atomic E-state index is 13.4. The number of halogens is 1. The van der Waals surface area contributed by atoms with Gasteiger partial charge in [0.1, 0.15) is 12.4 Å². The Morgan fingerprint density at radius 2 is 2.00 bits per heavy atom. The second-order valence-electron chi connectivity index (χ2n) is 6.94. The Morgan fingerprint density at radius 1 is 1.29 bits per heavy atom. The van der Waals surface area contributed by atoms with Crippen LogP contribution < -0.4 is 0 Å². The molecule has 1 atom stereocenters. The van der Waals surface area contributed by atoms with E-state index in [0.717, 1.165) is 17.5 Å². The summed E-state index contributed by atoms with van der Waals surface area (Å²) in [6.45, 7) is 4.51. The molecule has 0 bridgehead atoms. The van der Waals surface area contributed by atoms with Crippen LogP contribution >= 0.6 is 11.3 Å². The average Bonchev–Trinajstić information content (AvgIpc) is 3.15. The molecule has 0 saturated carbocycles. The number of benzene rings is 1. The number of fused-ring (bicyclic) bond motifs is 1. The molecular formula is C21H24FN3O2S. The van der Waals surface area contributed by atoms with Gasteiger partial charge in [-0.2, -0.15) is 0 Å². The predicted octanol–water partition coefficient (Wildman–Crippen LogP) is 3.53. The average molecular weight is 402 g/mol. The molecule has 0 radical (unpaired) electrons. The van der Waals surface area contributed by atoms with Crippen molar-refractivity contribution in [3.05, 3.63) is 70.2 Å². The third kappa shape index (κ3) is 4.09. The molecule has 3 amide bonds. The molecular weight excluding hydrogens is 377 g/mol. The first-order chi connectivity index (χ1) is 13.4. The molecule has 0 fully saturated rings. The molecule has 1 aromatic heterocycles. The summed E-state index contributed by atoms with van der Waals surface area (Å²) in [7, 11) is 3.31. The first-order valence-electron chi connectivity index (χ1n) is 9.10. The number of nitrogens with zero attached hydrogens (tertiary/aromatic N) is 3. The largest absolute Gasteiger partial charge is 0.331 e. The second-order valence-corrected chi connectivity index (χ2v) is 7.94. The number of hydrogen-bond donors (Lipinski definition) is 0. The van der Waals surface area contributed by atoms with Crippen LogP contribution in [-0.2, 0) is 11.2 Å². The zero-order valence-electron chi connectivity index (χ0n) is 16.1. The number of thiophene rings is 1. The molecule has 0 N–H and O–H groups in total. The number of amides is 3. The number of urea groups is 1. The van der Waals surface area contributed by atoms with Crippen molar-refractivity contribution < 1.29 is 14.0 Å². The lowest BCUT2D eigenvalue weighted by Crippen LogP contribution is -2.48. The van der Waals surface area contributed by atoms with Crippen molar-refractivity contribution in [3.8, 4) is 0 Å². The molecule has 28 heavy (non-hydrogen) atoms. The van der Waals surface area contributed by atoms with E-state index in [4.69, 9.17) is 0 Å². The topological polar surface area (TPSA) is 43.9 Å². The van der Waals surface area contributed by atoms with Gasteiger partial charge in [0.05, 0.1) is 6.04 Å². The van der Waals surface area contributed by atoms with Gasteiger partial charge in [-0.1, -0.05) is 18.2 Å². The molecule has 1 aliphatic rings. The maximum atomic E-state index is 13.4. The van der Waals surface area contributed by atoms with Crippen molar-refractivity contribution in [2.75, 3.05) is 33.7 Å². The Kier molecular flexibility index (Phi) is 6.14. The van der Waals surface area contributed by atoms with Gasteiger partial charge in [0, 0.05) is 32.1 Å². The Hall–Kier alpha value is -2.67. The lowest BCUT2D eigenvalue weighted by atomic mass is 9.93. The van der Waals surface area contributed by atoms with E-state index in [1.165, 1.54) is 26.8 Å². The van der Waals surface area contributed by atoms with Gasteiger partial charge in [-0.25, -0.2) is 9.18 Å². The molecule has 0 unspecified atom stereocenters. The van der Waals surface area contributed by atoms with Gasteiger partial charge in [0.25, 0.3) is 0 Å². The van der Waals surface area contributed by atoms with Crippen LogP contribution in [0.2, 0.25) is 0 Å². The van der Waals surface area contributed by atoms with Gasteiger partial charge < -0.3 is 14.7 Å². The van der Waals surface area contributed by atoms with Gasteiger partial charge >= 0.3 is 6.03 Å². The summed E-state index contributed by atoms with van der Waals surface area (Å²) in [5.41, 5.74) is 1.94. The molecule has 5 nitrogen and oxygen atoms in total. The summed E-state index contributed by atoms with van der Waals surface area (Å²) in [6, 6.07) is 7.79. The van der Waals surface area contributed by atoms with Gasteiger partial charge in [-0.05, 0) is 41.1 Å². The first-order valence-corrected chi connectivity index (χ1v) is 9.98. The highest BCUT2D eigenvalue weighted by Gasteiger charge is 2.34. The van der Waals surface area contributed by atoms with E-state index in [1.807, 2.05) is 11.4 Å². The Morgan fingerprint density at radius 3 is 2.64 bits per heavy atom. The van der Waals surface area contributed by atoms with Crippen LogP contribution in [0, 0.1) is 5.82 Å². The van der Waals surface area contributed by atoms with E-state index >= 15 is 0 Å². The number of carbonyl (C=O) groups excluding carboxylic acids is 2. The number of carbonyl (C=O) groups is 2. The van der Waals surface area contributed by atoms with Crippen molar-refractivity contribution >= 4 is 23.3 Å². The summed E-state index contributed by atoms with van der Waals surface area (Å²) < 4.78 is 13.4. The summed E-state index contributed by atoms with van der Waals surface area (Å²) in [5, 5.41) is 2.02. The minimum absolute atomic E-state index is 0.0276. The van der Waals surface area contributed by atoms with E-state index in [9.17, 15) is 14.0 Å². The minimum atomic E-state index is -0.309. The fourth-order valence-electron chi connectivity index (χ4n) is 3.49. The van der Waals surface area contributed by atoms with Crippen LogP contribution in [0.1, 0.15) is 22.0 Å². The first kappa shape index (κ1) is 20.1. The molecule has 148 valence electrons. The molecule has 2 heterocycles. The highest BCUT2D eigenvalue weighted by molar-refractivity contribution is 7.10. The molecule has 0 aliphatic carbocycles. The van der Waals surface area contributed by atoms with Gasteiger partial charge in [-0.3, -0.25) is 4.79 Å². The van der Waals surface area contributed by atoms with Gasteiger partial charge in [0.2, 0.25) is 5.91 Å². The normalized spacial score (nSPS) is 15.7. The molecule has 7 heteroatoms. The van der Waals surface area contributed by atoms with Crippen molar-refractivity contribution in [2.45, 2.75) is 12.5 Å². The predicted molar refractivity (Wildman–Crippen MR) is 109 cm³/mol. The van der Waals surface area contributed by atoms with E-state index in [-0.39, 0.29) is 30.3 Å².